The highest BCUT2D eigenvalue weighted by atomic mass is 15.1. The fourth-order valence-electron chi connectivity index (χ4n) is 3.11. The summed E-state index contributed by atoms with van der Waals surface area (Å²) < 4.78 is 2.39. The molecule has 0 atom stereocenters. The molecule has 0 fully saturated rings. The van der Waals surface area contributed by atoms with E-state index in [-0.39, 0.29) is 0 Å². The van der Waals surface area contributed by atoms with E-state index in [2.05, 4.69) is 54.9 Å². The molecule has 1 aromatic carbocycles. The molecule has 2 aromatic rings. The third-order valence-corrected chi connectivity index (χ3v) is 4.47. The molecule has 0 N–H and O–H groups in total. The minimum atomic E-state index is 1.04. The first-order valence-corrected chi connectivity index (χ1v) is 9.42. The van der Waals surface area contributed by atoms with E-state index in [1.807, 2.05) is 0 Å². The van der Waals surface area contributed by atoms with Crippen LogP contribution >= 0.6 is 0 Å². The average molecular weight is 313 g/mol. The molecule has 1 aromatic heterocycles. The summed E-state index contributed by atoms with van der Waals surface area (Å²) in [5.41, 5.74) is 2.70. The Kier molecular flexibility index (Phi) is 7.92. The van der Waals surface area contributed by atoms with Gasteiger partial charge in [-0.3, -0.25) is 0 Å². The average Bonchev–Trinajstić information content (AvgIpc) is 2.98. The molecule has 2 rings (SSSR count). The second kappa shape index (κ2) is 10.3. The third kappa shape index (κ3) is 6.21. The minimum absolute atomic E-state index is 1.04. The van der Waals surface area contributed by atoms with Gasteiger partial charge in [0, 0.05) is 19.2 Å². The number of aromatic nitrogens is 2. The van der Waals surface area contributed by atoms with Gasteiger partial charge in [0.25, 0.3) is 0 Å². The third-order valence-electron chi connectivity index (χ3n) is 4.47. The van der Waals surface area contributed by atoms with Crippen LogP contribution < -0.4 is 0 Å². The van der Waals surface area contributed by atoms with E-state index in [0.29, 0.717) is 0 Å². The lowest BCUT2D eigenvalue weighted by molar-refractivity contribution is 0.555. The predicted molar refractivity (Wildman–Crippen MR) is 98.8 cm³/mol. The Morgan fingerprint density at radius 2 is 1.65 bits per heavy atom. The maximum Gasteiger partial charge on any atom is 0.108 e. The summed E-state index contributed by atoms with van der Waals surface area (Å²) >= 11 is 0. The monoisotopic (exact) mass is 312 g/mol. The second-order valence-corrected chi connectivity index (χ2v) is 6.45. The van der Waals surface area contributed by atoms with Crippen LogP contribution in [0, 0.1) is 0 Å². The van der Waals surface area contributed by atoms with Crippen LogP contribution in [0.3, 0.4) is 0 Å². The summed E-state index contributed by atoms with van der Waals surface area (Å²) in [6, 6.07) is 10.8. The van der Waals surface area contributed by atoms with Crippen molar-refractivity contribution in [3.63, 3.8) is 0 Å². The molecule has 1 heterocycles. The SMILES string of the molecule is CCCCCCCn1cc(CCCc2ccccc2)nc1CC. The quantitative estimate of drug-likeness (QED) is 0.494. The summed E-state index contributed by atoms with van der Waals surface area (Å²) in [4.78, 5) is 4.84. The maximum atomic E-state index is 4.84. The van der Waals surface area contributed by atoms with Gasteiger partial charge in [-0.1, -0.05) is 69.9 Å². The van der Waals surface area contributed by atoms with Crippen molar-refractivity contribution in [2.45, 2.75) is 78.2 Å². The van der Waals surface area contributed by atoms with Crippen molar-refractivity contribution < 1.29 is 0 Å². The molecule has 0 aliphatic heterocycles. The van der Waals surface area contributed by atoms with E-state index in [1.165, 1.54) is 55.6 Å². The zero-order chi connectivity index (χ0) is 16.3. The molecule has 2 nitrogen and oxygen atoms in total. The fraction of sp³-hybridized carbons (Fsp3) is 0.571. The van der Waals surface area contributed by atoms with E-state index in [1.54, 1.807) is 0 Å². The lowest BCUT2D eigenvalue weighted by Gasteiger charge is -2.05. The molecular weight excluding hydrogens is 280 g/mol. The smallest absolute Gasteiger partial charge is 0.108 e. The summed E-state index contributed by atoms with van der Waals surface area (Å²) in [6.07, 6.45) is 13.4. The zero-order valence-corrected chi connectivity index (χ0v) is 14.9. The molecule has 0 radical (unpaired) electrons. The van der Waals surface area contributed by atoms with Gasteiger partial charge in [-0.25, -0.2) is 4.98 Å². The highest BCUT2D eigenvalue weighted by molar-refractivity contribution is 5.15. The van der Waals surface area contributed by atoms with Gasteiger partial charge in [0.2, 0.25) is 0 Å². The Hall–Kier alpha value is -1.57. The van der Waals surface area contributed by atoms with Crippen LogP contribution in [-0.4, -0.2) is 9.55 Å². The van der Waals surface area contributed by atoms with Gasteiger partial charge in [-0.15, -0.1) is 0 Å². The summed E-state index contributed by atoms with van der Waals surface area (Å²) in [5, 5.41) is 0. The molecule has 0 bridgehead atoms. The second-order valence-electron chi connectivity index (χ2n) is 6.45. The molecule has 0 spiro atoms. The van der Waals surface area contributed by atoms with E-state index in [4.69, 9.17) is 4.98 Å². The number of imidazole rings is 1. The van der Waals surface area contributed by atoms with Gasteiger partial charge in [-0.2, -0.15) is 0 Å². The molecule has 2 heteroatoms. The van der Waals surface area contributed by atoms with Gasteiger partial charge >= 0.3 is 0 Å². The number of hydrogen-bond acceptors (Lipinski definition) is 1. The topological polar surface area (TPSA) is 17.8 Å². The van der Waals surface area contributed by atoms with Gasteiger partial charge < -0.3 is 4.57 Å². The van der Waals surface area contributed by atoms with Gasteiger partial charge in [0.05, 0.1) is 5.69 Å². The predicted octanol–water partition coefficient (Wildman–Crippen LogP) is 5.59. The highest BCUT2D eigenvalue weighted by Gasteiger charge is 2.06. The molecule has 0 saturated carbocycles. The Labute approximate surface area is 142 Å². The van der Waals surface area contributed by atoms with Crippen molar-refractivity contribution in [2.24, 2.45) is 0 Å². The van der Waals surface area contributed by atoms with Crippen molar-refractivity contribution in [3.05, 3.63) is 53.6 Å². The minimum Gasteiger partial charge on any atom is -0.335 e. The molecule has 0 saturated heterocycles. The number of hydrogen-bond donors (Lipinski definition) is 0. The zero-order valence-electron chi connectivity index (χ0n) is 14.9. The fourth-order valence-corrected chi connectivity index (χ4v) is 3.11. The van der Waals surface area contributed by atoms with Crippen LogP contribution in [-0.2, 0) is 25.8 Å². The number of aryl methyl sites for hydroxylation is 4. The van der Waals surface area contributed by atoms with Crippen molar-refractivity contribution in [3.8, 4) is 0 Å². The molecule has 0 unspecified atom stereocenters. The summed E-state index contributed by atoms with van der Waals surface area (Å²) in [7, 11) is 0. The molecule has 0 aliphatic rings. The van der Waals surface area contributed by atoms with E-state index < -0.39 is 0 Å². The largest absolute Gasteiger partial charge is 0.335 e. The van der Waals surface area contributed by atoms with Crippen molar-refractivity contribution in [1.82, 2.24) is 9.55 Å². The number of benzene rings is 1. The lowest BCUT2D eigenvalue weighted by Crippen LogP contribution is -2.01. The van der Waals surface area contributed by atoms with Crippen molar-refractivity contribution in [2.75, 3.05) is 0 Å². The maximum absolute atomic E-state index is 4.84. The van der Waals surface area contributed by atoms with Crippen molar-refractivity contribution in [1.29, 1.82) is 0 Å². The first-order valence-electron chi connectivity index (χ1n) is 9.42. The van der Waals surface area contributed by atoms with Gasteiger partial charge in [0.1, 0.15) is 5.82 Å². The summed E-state index contributed by atoms with van der Waals surface area (Å²) in [5.74, 6) is 1.26. The van der Waals surface area contributed by atoms with Crippen LogP contribution in [0.2, 0.25) is 0 Å². The summed E-state index contributed by atoms with van der Waals surface area (Å²) in [6.45, 7) is 5.62. The Morgan fingerprint density at radius 3 is 2.39 bits per heavy atom. The van der Waals surface area contributed by atoms with Gasteiger partial charge in [-0.05, 0) is 31.2 Å². The first-order chi connectivity index (χ1) is 11.3. The Balaban J connectivity index is 1.78. The standard InChI is InChI=1S/C21H32N2/c1-3-5-6-7-11-17-23-18-20(22-21(23)4-2)16-12-15-19-13-9-8-10-14-19/h8-10,13-14,18H,3-7,11-12,15-17H2,1-2H3. The lowest BCUT2D eigenvalue weighted by atomic mass is 10.1. The van der Waals surface area contributed by atoms with Crippen LogP contribution in [0.4, 0.5) is 0 Å². The van der Waals surface area contributed by atoms with E-state index in [9.17, 15) is 0 Å². The highest BCUT2D eigenvalue weighted by Crippen LogP contribution is 2.12. The van der Waals surface area contributed by atoms with Crippen LogP contribution in [0.15, 0.2) is 36.5 Å². The molecule has 0 amide bonds. The molecular formula is C21H32N2. The number of unbranched alkanes of at least 4 members (excludes halogenated alkanes) is 4. The Bertz CT molecular complexity index is 542. The van der Waals surface area contributed by atoms with Crippen molar-refractivity contribution >= 4 is 0 Å². The normalized spacial score (nSPS) is 11.0. The number of rotatable bonds is 11. The van der Waals surface area contributed by atoms with Gasteiger partial charge in [0.15, 0.2) is 0 Å². The molecule has 126 valence electrons. The number of nitrogens with zero attached hydrogens (tertiary/aromatic N) is 2. The van der Waals surface area contributed by atoms with E-state index in [0.717, 1.165) is 25.8 Å². The molecule has 23 heavy (non-hydrogen) atoms. The van der Waals surface area contributed by atoms with Crippen LogP contribution in [0.5, 0.6) is 0 Å². The Morgan fingerprint density at radius 1 is 0.870 bits per heavy atom. The molecule has 0 aliphatic carbocycles. The van der Waals surface area contributed by atoms with Crippen LogP contribution in [0.25, 0.3) is 0 Å². The van der Waals surface area contributed by atoms with Crippen LogP contribution in [0.1, 0.15) is 69.5 Å². The first kappa shape index (κ1) is 17.8. The van der Waals surface area contributed by atoms with E-state index >= 15 is 0 Å².